The quantitative estimate of drug-likeness (QED) is 0.262. The van der Waals surface area contributed by atoms with E-state index in [-0.39, 0.29) is 18.4 Å². The number of hydrogen-bond acceptors (Lipinski definition) is 5. The highest BCUT2D eigenvalue weighted by atomic mass is 35.5. The zero-order chi connectivity index (χ0) is 21.8. The van der Waals surface area contributed by atoms with Gasteiger partial charge in [0.1, 0.15) is 15.8 Å². The second kappa shape index (κ2) is 10.0. The van der Waals surface area contributed by atoms with E-state index in [1.54, 1.807) is 35.2 Å². The molecule has 5 nitrogen and oxygen atoms in total. The normalized spacial score (nSPS) is 16.5. The Morgan fingerprint density at radius 2 is 2.03 bits per heavy atom. The van der Waals surface area contributed by atoms with Crippen LogP contribution < -0.4 is 0 Å². The van der Waals surface area contributed by atoms with Crippen LogP contribution in [-0.4, -0.2) is 32.2 Å². The molecule has 3 rings (SSSR count). The van der Waals surface area contributed by atoms with Gasteiger partial charge in [-0.1, -0.05) is 53.6 Å². The molecule has 0 aliphatic carbocycles. The summed E-state index contributed by atoms with van der Waals surface area (Å²) in [5, 5.41) is 9.63. The van der Waals surface area contributed by atoms with Crippen LogP contribution >= 0.6 is 47.2 Å². The van der Waals surface area contributed by atoms with Crippen molar-refractivity contribution in [2.45, 2.75) is 38.6 Å². The molecule has 0 spiro atoms. The highest BCUT2D eigenvalue weighted by molar-refractivity contribution is 8.26. The van der Waals surface area contributed by atoms with E-state index >= 15 is 0 Å². The third kappa shape index (κ3) is 5.46. The minimum atomic E-state index is -0.810. The van der Waals surface area contributed by atoms with Gasteiger partial charge in [0.25, 0.3) is 5.91 Å². The van der Waals surface area contributed by atoms with Crippen LogP contribution in [0.2, 0.25) is 10.0 Å². The molecule has 1 atom stereocenters. The number of aliphatic carboxylic acids is 1. The van der Waals surface area contributed by atoms with E-state index in [0.29, 0.717) is 43.6 Å². The zero-order valence-electron chi connectivity index (χ0n) is 16.1. The summed E-state index contributed by atoms with van der Waals surface area (Å²) in [5.41, 5.74) is 0.784. The van der Waals surface area contributed by atoms with Crippen LogP contribution in [0.3, 0.4) is 0 Å². The van der Waals surface area contributed by atoms with Gasteiger partial charge in [0.05, 0.1) is 15.0 Å². The van der Waals surface area contributed by atoms with E-state index in [2.05, 4.69) is 0 Å². The fourth-order valence-electron chi connectivity index (χ4n) is 3.07. The number of halogens is 2. The molecular formula is C21H19Cl2NO4S2. The fraction of sp³-hybridized carbons (Fsp3) is 0.286. The summed E-state index contributed by atoms with van der Waals surface area (Å²) >= 11 is 18.6. The Bertz CT molecular complexity index is 1020. The minimum absolute atomic E-state index is 0.0967. The van der Waals surface area contributed by atoms with E-state index in [1.807, 2.05) is 13.0 Å². The molecule has 1 N–H and O–H groups in total. The van der Waals surface area contributed by atoms with Crippen molar-refractivity contribution in [1.82, 2.24) is 4.90 Å². The molecule has 1 aromatic heterocycles. The smallest absolute Gasteiger partial charge is 0.303 e. The van der Waals surface area contributed by atoms with E-state index < -0.39 is 5.97 Å². The van der Waals surface area contributed by atoms with Crippen molar-refractivity contribution in [2.24, 2.45) is 0 Å². The number of rotatable bonds is 8. The molecule has 1 fully saturated rings. The Hall–Kier alpha value is -1.80. The first kappa shape index (κ1) is 22.9. The van der Waals surface area contributed by atoms with Gasteiger partial charge in [-0.2, -0.15) is 0 Å². The number of thiocarbonyl (C=S) groups is 1. The maximum absolute atomic E-state index is 12.8. The summed E-state index contributed by atoms with van der Waals surface area (Å²) in [4.78, 5) is 25.6. The van der Waals surface area contributed by atoms with E-state index in [0.717, 1.165) is 12.0 Å². The number of hydrogen-bond donors (Lipinski definition) is 1. The Morgan fingerprint density at radius 3 is 2.73 bits per heavy atom. The predicted molar refractivity (Wildman–Crippen MR) is 125 cm³/mol. The van der Waals surface area contributed by atoms with Crippen LogP contribution in [-0.2, 0) is 9.59 Å². The largest absolute Gasteiger partial charge is 0.481 e. The molecule has 0 bridgehead atoms. The second-order valence-corrected chi connectivity index (χ2v) is 9.36. The zero-order valence-corrected chi connectivity index (χ0v) is 19.2. The molecule has 0 saturated carbocycles. The van der Waals surface area contributed by atoms with Gasteiger partial charge in [-0.3, -0.25) is 14.5 Å². The Kier molecular flexibility index (Phi) is 7.63. The van der Waals surface area contributed by atoms with Crippen molar-refractivity contribution >= 4 is 69.5 Å². The number of carbonyl (C=O) groups is 2. The molecule has 2 aromatic rings. The molecule has 1 aliphatic heterocycles. The maximum atomic E-state index is 12.8. The molecule has 1 amide bonds. The third-order valence-electron chi connectivity index (χ3n) is 4.63. The van der Waals surface area contributed by atoms with Crippen molar-refractivity contribution in [2.75, 3.05) is 0 Å². The number of thioether (sulfide) groups is 1. The van der Waals surface area contributed by atoms with Crippen LogP contribution in [0, 0.1) is 0 Å². The molecule has 9 heteroatoms. The molecule has 30 heavy (non-hydrogen) atoms. The monoisotopic (exact) mass is 483 g/mol. The summed E-state index contributed by atoms with van der Waals surface area (Å²) in [7, 11) is 0. The van der Waals surface area contributed by atoms with Gasteiger partial charge in [-0.05, 0) is 50.1 Å². The van der Waals surface area contributed by atoms with Gasteiger partial charge in [0.2, 0.25) is 0 Å². The molecular weight excluding hydrogens is 465 g/mol. The lowest BCUT2D eigenvalue weighted by Crippen LogP contribution is -2.36. The van der Waals surface area contributed by atoms with Gasteiger partial charge < -0.3 is 9.52 Å². The summed E-state index contributed by atoms with van der Waals surface area (Å²) in [6, 6.07) is 8.71. The first-order valence-electron chi connectivity index (χ1n) is 9.30. The summed E-state index contributed by atoms with van der Waals surface area (Å²) in [6.45, 7) is 1.92. The molecule has 2 heterocycles. The predicted octanol–water partition coefficient (Wildman–Crippen LogP) is 6.49. The number of carboxylic acids is 1. The maximum Gasteiger partial charge on any atom is 0.303 e. The van der Waals surface area contributed by atoms with Crippen molar-refractivity contribution in [3.63, 3.8) is 0 Å². The second-order valence-electron chi connectivity index (χ2n) is 6.87. The lowest BCUT2D eigenvalue weighted by molar-refractivity contribution is -0.137. The Morgan fingerprint density at radius 1 is 1.27 bits per heavy atom. The number of nitrogens with zero attached hydrogens (tertiary/aromatic N) is 1. The first-order valence-corrected chi connectivity index (χ1v) is 11.3. The fourth-order valence-corrected chi connectivity index (χ4v) is 4.81. The van der Waals surface area contributed by atoms with E-state index in [4.69, 9.17) is 44.9 Å². The van der Waals surface area contributed by atoms with Gasteiger partial charge >= 0.3 is 5.97 Å². The molecule has 0 radical (unpaired) electrons. The van der Waals surface area contributed by atoms with Crippen LogP contribution in [0.25, 0.3) is 17.4 Å². The van der Waals surface area contributed by atoms with Crippen LogP contribution in [0.4, 0.5) is 0 Å². The third-order valence-corrected chi connectivity index (χ3v) is 6.70. The number of amides is 1. The lowest BCUT2D eigenvalue weighted by atomic mass is 10.1. The first-order chi connectivity index (χ1) is 14.3. The number of carboxylic acid groups (broad SMARTS) is 1. The van der Waals surface area contributed by atoms with Gasteiger partial charge in [-0.15, -0.1) is 0 Å². The SMILES string of the molecule is CC(CCCCC(=O)O)N1C(=O)/C(=C/c2ccc(-c3ccc(Cl)c(Cl)c3)o2)SC1=S. The van der Waals surface area contributed by atoms with Crippen molar-refractivity contribution < 1.29 is 19.1 Å². The van der Waals surface area contributed by atoms with Gasteiger partial charge in [0, 0.05) is 24.1 Å². The number of benzene rings is 1. The molecule has 1 aliphatic rings. The number of carbonyl (C=O) groups excluding carboxylic acids is 1. The van der Waals surface area contributed by atoms with E-state index in [1.165, 1.54) is 11.8 Å². The summed E-state index contributed by atoms with van der Waals surface area (Å²) < 4.78 is 6.34. The van der Waals surface area contributed by atoms with Crippen molar-refractivity contribution in [3.05, 3.63) is 51.0 Å². The molecule has 1 aromatic carbocycles. The Labute approximate surface area is 194 Å². The summed E-state index contributed by atoms with van der Waals surface area (Å²) in [6.07, 6.45) is 3.79. The average Bonchev–Trinajstić information content (AvgIpc) is 3.25. The van der Waals surface area contributed by atoms with E-state index in [9.17, 15) is 9.59 Å². The molecule has 158 valence electrons. The number of unbranched alkanes of at least 4 members (excludes halogenated alkanes) is 1. The van der Waals surface area contributed by atoms with Crippen LogP contribution in [0.1, 0.15) is 38.4 Å². The summed E-state index contributed by atoms with van der Waals surface area (Å²) in [5.74, 6) is 0.172. The Balaban J connectivity index is 1.69. The van der Waals surface area contributed by atoms with Gasteiger partial charge in [-0.25, -0.2) is 0 Å². The topological polar surface area (TPSA) is 70.8 Å². The van der Waals surface area contributed by atoms with Crippen molar-refractivity contribution in [3.8, 4) is 11.3 Å². The standard InChI is InChI=1S/C21H19Cl2NO4S2/c1-12(4-2-3-5-19(25)26)24-20(27)18(30-21(24)29)11-14-7-9-17(28-14)13-6-8-15(22)16(23)10-13/h6-12H,2-5H2,1H3,(H,25,26)/b18-11-. The molecule has 1 unspecified atom stereocenters. The minimum Gasteiger partial charge on any atom is -0.481 e. The van der Waals surface area contributed by atoms with Gasteiger partial charge in [0.15, 0.2) is 0 Å². The van der Waals surface area contributed by atoms with Crippen LogP contribution in [0.5, 0.6) is 0 Å². The highest BCUT2D eigenvalue weighted by Gasteiger charge is 2.35. The lowest BCUT2D eigenvalue weighted by Gasteiger charge is -2.22. The highest BCUT2D eigenvalue weighted by Crippen LogP contribution is 2.36. The van der Waals surface area contributed by atoms with Crippen molar-refractivity contribution in [1.29, 1.82) is 0 Å². The molecule has 1 saturated heterocycles. The number of furan rings is 1. The van der Waals surface area contributed by atoms with Crippen LogP contribution in [0.15, 0.2) is 39.7 Å². The average molecular weight is 484 g/mol.